The van der Waals surface area contributed by atoms with Crippen molar-refractivity contribution in [2.75, 3.05) is 13.2 Å². The van der Waals surface area contributed by atoms with E-state index in [4.69, 9.17) is 9.47 Å². The zero-order valence-electron chi connectivity index (χ0n) is 11.9. The van der Waals surface area contributed by atoms with Crippen molar-refractivity contribution in [3.8, 4) is 11.5 Å². The third-order valence-electron chi connectivity index (χ3n) is 5.41. The summed E-state index contributed by atoms with van der Waals surface area (Å²) in [5.74, 6) is -2.21. The van der Waals surface area contributed by atoms with Crippen molar-refractivity contribution in [3.63, 3.8) is 0 Å². The summed E-state index contributed by atoms with van der Waals surface area (Å²) in [5, 5.41) is 29.5. The summed E-state index contributed by atoms with van der Waals surface area (Å²) in [6.07, 6.45) is 1.54. The summed E-state index contributed by atoms with van der Waals surface area (Å²) in [5.41, 5.74) is 0.289. The van der Waals surface area contributed by atoms with Gasteiger partial charge in [-0.15, -0.1) is 0 Å². The van der Waals surface area contributed by atoms with Crippen LogP contribution in [0.2, 0.25) is 0 Å². The molecule has 0 amide bonds. The summed E-state index contributed by atoms with van der Waals surface area (Å²) in [4.78, 5) is 12.3. The summed E-state index contributed by atoms with van der Waals surface area (Å²) in [6.45, 7) is 0.261. The van der Waals surface area contributed by atoms with Gasteiger partial charge in [-0.05, 0) is 37.0 Å². The Kier molecular flexibility index (Phi) is 2.90. The van der Waals surface area contributed by atoms with Gasteiger partial charge in [-0.1, -0.05) is 0 Å². The number of hydrogen-bond donors (Lipinski definition) is 3. The molecule has 6 heteroatoms. The molecule has 3 aliphatic rings. The number of carbonyl (C=O) groups excluding carboxylic acids is 1. The Bertz CT molecular complexity index is 629. The maximum absolute atomic E-state index is 12.3. The van der Waals surface area contributed by atoms with Gasteiger partial charge in [-0.2, -0.15) is 0 Å². The molecule has 5 atom stereocenters. The molecule has 1 saturated carbocycles. The van der Waals surface area contributed by atoms with Gasteiger partial charge in [0.25, 0.3) is 0 Å². The van der Waals surface area contributed by atoms with Crippen LogP contribution in [0.25, 0.3) is 0 Å². The van der Waals surface area contributed by atoms with Crippen molar-refractivity contribution < 1.29 is 29.6 Å². The molecule has 6 nitrogen and oxygen atoms in total. The smallest absolute Gasteiger partial charge is 0.312 e. The van der Waals surface area contributed by atoms with Gasteiger partial charge in [0.15, 0.2) is 0 Å². The van der Waals surface area contributed by atoms with Crippen LogP contribution >= 0.6 is 0 Å². The highest BCUT2D eigenvalue weighted by Gasteiger charge is 2.67. The van der Waals surface area contributed by atoms with E-state index in [2.05, 4.69) is 0 Å². The van der Waals surface area contributed by atoms with Gasteiger partial charge in [-0.25, -0.2) is 0 Å². The molecule has 1 aromatic rings. The second-order valence-corrected chi connectivity index (χ2v) is 6.42. The van der Waals surface area contributed by atoms with E-state index in [0.29, 0.717) is 6.42 Å². The molecule has 0 radical (unpaired) electrons. The van der Waals surface area contributed by atoms with E-state index in [1.54, 1.807) is 0 Å². The van der Waals surface area contributed by atoms with Crippen LogP contribution in [-0.2, 0) is 20.1 Å². The van der Waals surface area contributed by atoms with E-state index in [-0.39, 0.29) is 59.9 Å². The first-order valence-corrected chi connectivity index (χ1v) is 7.57. The number of aromatic hydroxyl groups is 2. The predicted molar refractivity (Wildman–Crippen MR) is 73.8 cm³/mol. The number of aliphatic hydroxyl groups is 1. The summed E-state index contributed by atoms with van der Waals surface area (Å²) in [7, 11) is 0. The predicted octanol–water partition coefficient (Wildman–Crippen LogP) is 1.09. The maximum atomic E-state index is 12.3. The normalized spacial score (nSPS) is 39.6. The maximum Gasteiger partial charge on any atom is 0.312 e. The molecule has 2 heterocycles. The van der Waals surface area contributed by atoms with Crippen LogP contribution in [0.15, 0.2) is 18.2 Å². The van der Waals surface area contributed by atoms with Crippen LogP contribution in [0, 0.1) is 23.7 Å². The SMILES string of the molecule is O=C1O[C@@]2(c3cc(O)ccc3O)OC[C@H](CO)[C@H]3CC[C@@H]1[C@H]32. The highest BCUT2D eigenvalue weighted by atomic mass is 16.7. The van der Waals surface area contributed by atoms with Gasteiger partial charge in [-0.3, -0.25) is 4.79 Å². The molecule has 1 aliphatic carbocycles. The lowest BCUT2D eigenvalue weighted by atomic mass is 9.73. The Morgan fingerprint density at radius 2 is 2.09 bits per heavy atom. The molecule has 1 aromatic carbocycles. The van der Waals surface area contributed by atoms with Crippen molar-refractivity contribution >= 4 is 5.97 Å². The molecular weight excluding hydrogens is 288 g/mol. The van der Waals surface area contributed by atoms with Crippen LogP contribution in [-0.4, -0.2) is 34.5 Å². The number of benzene rings is 1. The lowest BCUT2D eigenvalue weighted by molar-refractivity contribution is -0.278. The third-order valence-corrected chi connectivity index (χ3v) is 5.41. The number of ether oxygens (including phenoxy) is 2. The first-order valence-electron chi connectivity index (χ1n) is 7.57. The molecule has 118 valence electrons. The van der Waals surface area contributed by atoms with Crippen LogP contribution in [0.4, 0.5) is 0 Å². The Labute approximate surface area is 127 Å². The Hall–Kier alpha value is -1.79. The number of aliphatic hydroxyl groups excluding tert-OH is 1. The highest BCUT2D eigenvalue weighted by Crippen LogP contribution is 2.61. The summed E-state index contributed by atoms with van der Waals surface area (Å²) in [6, 6.07) is 4.13. The molecule has 0 unspecified atom stereocenters. The van der Waals surface area contributed by atoms with Gasteiger partial charge in [0.1, 0.15) is 11.5 Å². The van der Waals surface area contributed by atoms with Crippen molar-refractivity contribution in [2.45, 2.75) is 18.6 Å². The topological polar surface area (TPSA) is 96.2 Å². The lowest BCUT2D eigenvalue weighted by Crippen LogP contribution is -2.48. The van der Waals surface area contributed by atoms with E-state index in [9.17, 15) is 20.1 Å². The molecule has 2 aliphatic heterocycles. The molecule has 2 saturated heterocycles. The Morgan fingerprint density at radius 1 is 1.27 bits per heavy atom. The molecule has 0 aromatic heterocycles. The van der Waals surface area contributed by atoms with Gasteiger partial charge < -0.3 is 24.8 Å². The monoisotopic (exact) mass is 306 g/mol. The van der Waals surface area contributed by atoms with Crippen molar-refractivity contribution in [1.29, 1.82) is 0 Å². The van der Waals surface area contributed by atoms with Gasteiger partial charge in [0, 0.05) is 18.4 Å². The quantitative estimate of drug-likeness (QED) is 0.559. The molecule has 3 N–H and O–H groups in total. The van der Waals surface area contributed by atoms with E-state index in [0.717, 1.165) is 6.42 Å². The fraction of sp³-hybridized carbons (Fsp3) is 0.562. The number of phenolic OH excluding ortho intramolecular Hbond substituents is 2. The average Bonchev–Trinajstić information content (AvgIpc) is 3.07. The molecule has 3 fully saturated rings. The first kappa shape index (κ1) is 13.8. The number of phenols is 2. The van der Waals surface area contributed by atoms with E-state index < -0.39 is 5.79 Å². The summed E-state index contributed by atoms with van der Waals surface area (Å²) < 4.78 is 11.5. The fourth-order valence-electron chi connectivity index (χ4n) is 4.45. The van der Waals surface area contributed by atoms with Crippen LogP contribution < -0.4 is 0 Å². The Balaban J connectivity index is 1.86. The van der Waals surface area contributed by atoms with Crippen LogP contribution in [0.3, 0.4) is 0 Å². The lowest BCUT2D eigenvalue weighted by Gasteiger charge is -2.44. The molecule has 0 spiro atoms. The molecule has 22 heavy (non-hydrogen) atoms. The van der Waals surface area contributed by atoms with Gasteiger partial charge >= 0.3 is 5.97 Å². The first-order chi connectivity index (χ1) is 10.6. The zero-order chi connectivity index (χ0) is 15.5. The fourth-order valence-corrected chi connectivity index (χ4v) is 4.45. The van der Waals surface area contributed by atoms with Crippen molar-refractivity contribution in [2.24, 2.45) is 23.7 Å². The van der Waals surface area contributed by atoms with E-state index in [1.165, 1.54) is 18.2 Å². The minimum Gasteiger partial charge on any atom is -0.508 e. The summed E-state index contributed by atoms with van der Waals surface area (Å²) >= 11 is 0. The zero-order valence-corrected chi connectivity index (χ0v) is 11.9. The number of rotatable bonds is 2. The number of esters is 1. The molecule has 0 bridgehead atoms. The Morgan fingerprint density at radius 3 is 2.86 bits per heavy atom. The van der Waals surface area contributed by atoms with Crippen LogP contribution in [0.5, 0.6) is 11.5 Å². The number of hydrogen-bond acceptors (Lipinski definition) is 6. The third kappa shape index (κ3) is 1.65. The van der Waals surface area contributed by atoms with Gasteiger partial charge in [0.2, 0.25) is 5.79 Å². The van der Waals surface area contributed by atoms with Gasteiger partial charge in [0.05, 0.1) is 18.1 Å². The minimum absolute atomic E-state index is 0.00415. The van der Waals surface area contributed by atoms with Crippen molar-refractivity contribution in [3.05, 3.63) is 23.8 Å². The van der Waals surface area contributed by atoms with Crippen LogP contribution in [0.1, 0.15) is 18.4 Å². The van der Waals surface area contributed by atoms with E-state index in [1.807, 2.05) is 0 Å². The molecular formula is C16H18O6. The molecule has 4 rings (SSSR count). The number of carbonyl (C=O) groups is 1. The second-order valence-electron chi connectivity index (χ2n) is 6.42. The second kappa shape index (κ2) is 4.60. The van der Waals surface area contributed by atoms with Crippen molar-refractivity contribution in [1.82, 2.24) is 0 Å². The largest absolute Gasteiger partial charge is 0.508 e. The standard InChI is InChI=1S/C16H18O6/c17-6-8-7-21-16(12-5-9(18)1-4-13(12)19)14-10(8)2-3-11(14)15(20)22-16/h1,4-5,8,10-11,14,17-19H,2-3,6-7H2/t8-,10+,11+,14-,16+/m0/s1. The highest BCUT2D eigenvalue weighted by molar-refractivity contribution is 5.77. The van der Waals surface area contributed by atoms with E-state index >= 15 is 0 Å². The minimum atomic E-state index is -1.35. The average molecular weight is 306 g/mol.